The summed E-state index contributed by atoms with van der Waals surface area (Å²) in [6.07, 6.45) is 4.26. The second-order valence-corrected chi connectivity index (χ2v) is 11.6. The highest BCUT2D eigenvalue weighted by atomic mass is 32.2. The molecule has 0 aromatic carbocycles. The molecule has 3 atom stereocenters. The maximum atomic E-state index is 12.6. The van der Waals surface area contributed by atoms with Gasteiger partial charge in [-0.15, -0.1) is 0 Å². The highest BCUT2D eigenvalue weighted by Gasteiger charge is 2.43. The van der Waals surface area contributed by atoms with Gasteiger partial charge in [-0.05, 0) is 71.1 Å². The number of carbonyl (C=O) groups is 1. The Morgan fingerprint density at radius 3 is 2.22 bits per heavy atom. The van der Waals surface area contributed by atoms with Crippen LogP contribution in [0.2, 0.25) is 0 Å². The first-order valence-electron chi connectivity index (χ1n) is 9.56. The summed E-state index contributed by atoms with van der Waals surface area (Å²) >= 11 is -1.24. The van der Waals surface area contributed by atoms with Crippen molar-refractivity contribution in [1.29, 1.82) is 0 Å². The van der Waals surface area contributed by atoms with Gasteiger partial charge in [-0.3, -0.25) is 4.18 Å². The Balaban J connectivity index is 0.00000676. The van der Waals surface area contributed by atoms with Gasteiger partial charge in [-0.25, -0.2) is 9.00 Å². The Labute approximate surface area is 168 Å². The van der Waals surface area contributed by atoms with Crippen molar-refractivity contribution in [2.24, 2.45) is 17.3 Å². The molecule has 1 saturated heterocycles. The molecule has 7 heteroatoms. The van der Waals surface area contributed by atoms with Gasteiger partial charge in [-0.2, -0.15) is 0 Å². The van der Waals surface area contributed by atoms with Gasteiger partial charge in [0.1, 0.15) is 5.60 Å². The van der Waals surface area contributed by atoms with Crippen LogP contribution in [0.5, 0.6) is 0 Å². The third-order valence-corrected chi connectivity index (χ3v) is 5.08. The van der Waals surface area contributed by atoms with E-state index in [4.69, 9.17) is 8.92 Å². The van der Waals surface area contributed by atoms with Crippen LogP contribution >= 0.6 is 0 Å². The van der Waals surface area contributed by atoms with Gasteiger partial charge >= 0.3 is 6.09 Å². The van der Waals surface area contributed by atoms with Crippen molar-refractivity contribution in [3.63, 3.8) is 0 Å². The third kappa shape index (κ3) is 9.90. The maximum Gasteiger partial charge on any atom is 0.410 e. The van der Waals surface area contributed by atoms with E-state index in [0.29, 0.717) is 25.0 Å². The van der Waals surface area contributed by atoms with Crippen LogP contribution < -0.4 is 0 Å². The number of hydrogen-bond donors (Lipinski definition) is 0. The molecule has 27 heavy (non-hydrogen) atoms. The molecule has 1 fully saturated rings. The molecule has 1 heterocycles. The van der Waals surface area contributed by atoms with Crippen LogP contribution in [0.4, 0.5) is 4.79 Å². The van der Waals surface area contributed by atoms with E-state index >= 15 is 0 Å². The number of carbonyl (C=O) groups excluding carboxylic acids is 1. The fraction of sp³-hybridized carbons (Fsp3) is 0.950. The molecule has 1 rings (SSSR count). The van der Waals surface area contributed by atoms with Crippen LogP contribution in [0.3, 0.4) is 0 Å². The molecule has 0 bridgehead atoms. The van der Waals surface area contributed by atoms with E-state index < -0.39 is 16.7 Å². The highest BCUT2D eigenvalue weighted by molar-refractivity contribution is 7.79. The Bertz CT molecular complexity index is 507. The minimum atomic E-state index is -1.24. The molecule has 0 aromatic heterocycles. The Morgan fingerprint density at radius 2 is 1.78 bits per heavy atom. The first-order valence-corrected chi connectivity index (χ1v) is 11.0. The first kappa shape index (κ1) is 26.3. The molecule has 0 aromatic rings. The molecule has 6 nitrogen and oxygen atoms in total. The van der Waals surface area contributed by atoms with Crippen molar-refractivity contribution in [2.75, 3.05) is 19.4 Å². The molecule has 1 aliphatic heterocycles. The summed E-state index contributed by atoms with van der Waals surface area (Å²) in [5.74, 6) is 0.733. The molecule has 0 aliphatic carbocycles. The van der Waals surface area contributed by atoms with Gasteiger partial charge in [-0.1, -0.05) is 20.8 Å². The van der Waals surface area contributed by atoms with Gasteiger partial charge < -0.3 is 15.1 Å². The van der Waals surface area contributed by atoms with E-state index in [2.05, 4.69) is 34.6 Å². The molecule has 1 aliphatic rings. The standard InChI is InChI=1S/C20H39NO4S.H2O/c1-18(2,3)11-16(14-24-26(9)23)10-15-12-20(7,8)21(13-15)17(22)25-19(4,5)6;/h15-16H,10-14H2,1-9H3;1H2/t15-,16?,26?;/m0./s1. The predicted octanol–water partition coefficient (Wildman–Crippen LogP) is 3.95. The van der Waals surface area contributed by atoms with Crippen LogP contribution in [-0.4, -0.2) is 51.2 Å². The fourth-order valence-corrected chi connectivity index (χ4v) is 4.31. The molecule has 2 unspecified atom stereocenters. The van der Waals surface area contributed by atoms with E-state index in [0.717, 1.165) is 19.3 Å². The van der Waals surface area contributed by atoms with Crippen molar-refractivity contribution in [3.8, 4) is 0 Å². The van der Waals surface area contributed by atoms with E-state index in [1.807, 2.05) is 25.7 Å². The van der Waals surface area contributed by atoms with Crippen LogP contribution in [0, 0.1) is 17.3 Å². The Kier molecular flexibility index (Phi) is 9.46. The minimum absolute atomic E-state index is 0. The largest absolute Gasteiger partial charge is 0.444 e. The average Bonchev–Trinajstić information content (AvgIpc) is 2.67. The predicted molar refractivity (Wildman–Crippen MR) is 111 cm³/mol. The lowest BCUT2D eigenvalue weighted by atomic mass is 9.80. The van der Waals surface area contributed by atoms with Crippen LogP contribution in [0.1, 0.15) is 74.7 Å². The number of hydrogen-bond acceptors (Lipinski definition) is 4. The van der Waals surface area contributed by atoms with Crippen molar-refractivity contribution in [2.45, 2.75) is 85.8 Å². The lowest BCUT2D eigenvalue weighted by molar-refractivity contribution is 0.0130. The summed E-state index contributed by atoms with van der Waals surface area (Å²) in [6, 6.07) is 0. The summed E-state index contributed by atoms with van der Waals surface area (Å²) in [5, 5.41) is 0. The van der Waals surface area contributed by atoms with Gasteiger partial charge in [0, 0.05) is 18.3 Å². The number of ether oxygens (including phenoxy) is 1. The topological polar surface area (TPSA) is 87.3 Å². The van der Waals surface area contributed by atoms with Gasteiger partial charge in [0.2, 0.25) is 0 Å². The molecule has 2 N–H and O–H groups in total. The number of rotatable bonds is 6. The van der Waals surface area contributed by atoms with Crippen LogP contribution in [-0.2, 0) is 20.0 Å². The van der Waals surface area contributed by atoms with Crippen molar-refractivity contribution >= 4 is 17.2 Å². The van der Waals surface area contributed by atoms with Crippen LogP contribution in [0.25, 0.3) is 0 Å². The second kappa shape index (κ2) is 9.70. The third-order valence-electron chi connectivity index (χ3n) is 4.61. The molecule has 0 saturated carbocycles. The Morgan fingerprint density at radius 1 is 1.22 bits per heavy atom. The van der Waals surface area contributed by atoms with E-state index in [1.165, 1.54) is 0 Å². The molecular formula is C20H41NO5S. The lowest BCUT2D eigenvalue weighted by Crippen LogP contribution is -2.45. The summed E-state index contributed by atoms with van der Waals surface area (Å²) in [7, 11) is 0. The molecule has 0 radical (unpaired) electrons. The molecule has 0 spiro atoms. The smallest absolute Gasteiger partial charge is 0.410 e. The summed E-state index contributed by atoms with van der Waals surface area (Å²) < 4.78 is 22.4. The zero-order valence-electron chi connectivity index (χ0n) is 18.7. The van der Waals surface area contributed by atoms with Crippen molar-refractivity contribution in [1.82, 2.24) is 4.90 Å². The van der Waals surface area contributed by atoms with E-state index in [1.54, 1.807) is 6.26 Å². The van der Waals surface area contributed by atoms with Crippen LogP contribution in [0.15, 0.2) is 0 Å². The number of nitrogens with zero attached hydrogens (tertiary/aromatic N) is 1. The SMILES string of the molecule is CS(=O)OCC(C[C@@H]1CN(C(=O)OC(C)(C)C)C(C)(C)C1)CC(C)(C)C.O. The maximum absolute atomic E-state index is 12.6. The van der Waals surface area contributed by atoms with Gasteiger partial charge in [0.25, 0.3) is 0 Å². The second-order valence-electron chi connectivity index (χ2n) is 10.5. The molecule has 162 valence electrons. The quantitative estimate of drug-likeness (QED) is 0.667. The summed E-state index contributed by atoms with van der Waals surface area (Å²) in [6.45, 7) is 17.8. The summed E-state index contributed by atoms with van der Waals surface area (Å²) in [5.41, 5.74) is -0.519. The van der Waals surface area contributed by atoms with Gasteiger partial charge in [0.05, 0.1) is 6.61 Å². The zero-order valence-corrected chi connectivity index (χ0v) is 19.5. The normalized spacial score (nSPS) is 22.1. The van der Waals surface area contributed by atoms with Crippen molar-refractivity contribution in [3.05, 3.63) is 0 Å². The minimum Gasteiger partial charge on any atom is -0.444 e. The average molecular weight is 408 g/mol. The fourth-order valence-electron chi connectivity index (χ4n) is 3.92. The number of amides is 1. The molecule has 1 amide bonds. The zero-order chi connectivity index (χ0) is 20.3. The number of likely N-dealkylation sites (tertiary alicyclic amines) is 1. The summed E-state index contributed by atoms with van der Waals surface area (Å²) in [4.78, 5) is 14.5. The highest BCUT2D eigenvalue weighted by Crippen LogP contribution is 2.39. The van der Waals surface area contributed by atoms with E-state index in [9.17, 15) is 9.00 Å². The van der Waals surface area contributed by atoms with E-state index in [-0.39, 0.29) is 22.5 Å². The first-order chi connectivity index (χ1) is 11.6. The van der Waals surface area contributed by atoms with Crippen molar-refractivity contribution < 1.29 is 23.4 Å². The lowest BCUT2D eigenvalue weighted by Gasteiger charge is -2.33. The Hall–Kier alpha value is -0.660. The molecular weight excluding hydrogens is 366 g/mol. The van der Waals surface area contributed by atoms with Gasteiger partial charge in [0.15, 0.2) is 11.1 Å². The monoisotopic (exact) mass is 407 g/mol.